The molecule has 0 saturated carbocycles. The number of ether oxygens (including phenoxy) is 1. The number of hydrogen-bond acceptors (Lipinski definition) is 2. The quantitative estimate of drug-likeness (QED) is 0.592. The van der Waals surface area contributed by atoms with E-state index in [1.807, 2.05) is 18.2 Å². The van der Waals surface area contributed by atoms with E-state index < -0.39 is 0 Å². The van der Waals surface area contributed by atoms with Crippen LogP contribution in [-0.4, -0.2) is 13.4 Å². The van der Waals surface area contributed by atoms with Crippen LogP contribution in [0.3, 0.4) is 0 Å². The summed E-state index contributed by atoms with van der Waals surface area (Å²) in [5.74, 6) is 1.19. The van der Waals surface area contributed by atoms with Gasteiger partial charge in [-0.15, -0.1) is 0 Å². The first-order valence-electron chi connectivity index (χ1n) is 5.09. The van der Waals surface area contributed by atoms with Gasteiger partial charge in [0, 0.05) is 0 Å². The molecule has 0 aliphatic carbocycles. The van der Waals surface area contributed by atoms with Gasteiger partial charge >= 0.3 is 0 Å². The third-order valence-corrected chi connectivity index (χ3v) is 2.69. The Morgan fingerprint density at radius 1 is 1.44 bits per heavy atom. The van der Waals surface area contributed by atoms with Crippen LogP contribution in [0.4, 0.5) is 0 Å². The molecule has 0 bridgehead atoms. The highest BCUT2D eigenvalue weighted by Gasteiger charge is 2.09. The molecule has 16 heavy (non-hydrogen) atoms. The van der Waals surface area contributed by atoms with E-state index in [0.717, 1.165) is 16.9 Å². The van der Waals surface area contributed by atoms with Gasteiger partial charge in [0.05, 0.1) is 12.1 Å². The fourth-order valence-corrected chi connectivity index (χ4v) is 1.66. The highest BCUT2D eigenvalue weighted by Crippen LogP contribution is 2.30. The van der Waals surface area contributed by atoms with Gasteiger partial charge in [-0.1, -0.05) is 25.4 Å². The Balaban J connectivity index is 3.21. The topological polar surface area (TPSA) is 26.3 Å². The third kappa shape index (κ3) is 2.86. The molecular formula is C13H15ClO2. The summed E-state index contributed by atoms with van der Waals surface area (Å²) in [7, 11) is 1.64. The number of carbonyl (C=O) groups is 1. The molecule has 0 radical (unpaired) electrons. The lowest BCUT2D eigenvalue weighted by Crippen LogP contribution is -1.95. The van der Waals surface area contributed by atoms with Crippen molar-refractivity contribution < 1.29 is 9.53 Å². The molecule has 0 aliphatic heterocycles. The van der Waals surface area contributed by atoms with Crippen LogP contribution in [0.2, 0.25) is 0 Å². The van der Waals surface area contributed by atoms with Gasteiger partial charge in [0.15, 0.2) is 0 Å². The van der Waals surface area contributed by atoms with Crippen molar-refractivity contribution in [3.8, 4) is 5.75 Å². The SMILES string of the molecule is COc1ccc(C(Cl)=CC=O)cc1C(C)C. The molecule has 0 aliphatic rings. The summed E-state index contributed by atoms with van der Waals surface area (Å²) >= 11 is 5.97. The van der Waals surface area contributed by atoms with E-state index in [1.54, 1.807) is 7.11 Å². The molecule has 0 fully saturated rings. The van der Waals surface area contributed by atoms with Crippen molar-refractivity contribution in [1.82, 2.24) is 0 Å². The fourth-order valence-electron chi connectivity index (χ4n) is 1.49. The minimum Gasteiger partial charge on any atom is -0.496 e. The number of hydrogen-bond donors (Lipinski definition) is 0. The number of allylic oxidation sites excluding steroid dienone is 1. The van der Waals surface area contributed by atoms with E-state index in [-0.39, 0.29) is 0 Å². The van der Waals surface area contributed by atoms with Crippen LogP contribution in [0.15, 0.2) is 24.3 Å². The molecule has 0 saturated heterocycles. The first-order chi connectivity index (χ1) is 7.60. The normalized spacial score (nSPS) is 11.7. The second-order valence-electron chi connectivity index (χ2n) is 3.76. The minimum absolute atomic E-state index is 0.343. The average molecular weight is 239 g/mol. The number of carbonyl (C=O) groups excluding carboxylic acids is 1. The molecule has 0 amide bonds. The molecule has 1 aromatic carbocycles. The van der Waals surface area contributed by atoms with E-state index in [4.69, 9.17) is 16.3 Å². The molecular weight excluding hydrogens is 224 g/mol. The largest absolute Gasteiger partial charge is 0.496 e. The summed E-state index contributed by atoms with van der Waals surface area (Å²) in [5.41, 5.74) is 1.91. The lowest BCUT2D eigenvalue weighted by Gasteiger charge is -2.13. The molecule has 0 aromatic heterocycles. The van der Waals surface area contributed by atoms with Crippen molar-refractivity contribution in [1.29, 1.82) is 0 Å². The first kappa shape index (κ1) is 12.8. The Labute approximate surface area is 101 Å². The molecule has 0 heterocycles. The van der Waals surface area contributed by atoms with Crippen LogP contribution in [0, 0.1) is 0 Å². The van der Waals surface area contributed by atoms with Crippen molar-refractivity contribution in [2.45, 2.75) is 19.8 Å². The molecule has 1 rings (SSSR count). The summed E-state index contributed by atoms with van der Waals surface area (Å²) in [6.07, 6.45) is 2.02. The highest BCUT2D eigenvalue weighted by atomic mass is 35.5. The van der Waals surface area contributed by atoms with Gasteiger partial charge in [-0.3, -0.25) is 4.79 Å². The van der Waals surface area contributed by atoms with Gasteiger partial charge in [-0.05, 0) is 41.3 Å². The molecule has 0 atom stereocenters. The predicted octanol–water partition coefficient (Wildman–Crippen LogP) is 3.60. The smallest absolute Gasteiger partial charge is 0.144 e. The standard InChI is InChI=1S/C13H15ClO2/c1-9(2)11-8-10(12(14)6-7-15)4-5-13(11)16-3/h4-9H,1-3H3. The third-order valence-electron chi connectivity index (χ3n) is 2.34. The van der Waals surface area contributed by atoms with Gasteiger partial charge in [-0.2, -0.15) is 0 Å². The lowest BCUT2D eigenvalue weighted by atomic mass is 9.99. The van der Waals surface area contributed by atoms with Crippen LogP contribution in [-0.2, 0) is 4.79 Å². The molecule has 0 unspecified atom stereocenters. The van der Waals surface area contributed by atoms with E-state index >= 15 is 0 Å². The van der Waals surface area contributed by atoms with Crippen molar-refractivity contribution in [2.24, 2.45) is 0 Å². The second-order valence-corrected chi connectivity index (χ2v) is 4.17. The Kier molecular flexibility index (Phi) is 4.56. The van der Waals surface area contributed by atoms with Crippen LogP contribution in [0.5, 0.6) is 5.75 Å². The minimum atomic E-state index is 0.343. The molecule has 1 aromatic rings. The van der Waals surface area contributed by atoms with E-state index in [9.17, 15) is 4.79 Å². The lowest BCUT2D eigenvalue weighted by molar-refractivity contribution is -0.104. The summed E-state index contributed by atoms with van der Waals surface area (Å²) < 4.78 is 5.27. The number of rotatable bonds is 4. The predicted molar refractivity (Wildman–Crippen MR) is 67.0 cm³/mol. The molecule has 0 N–H and O–H groups in total. The number of benzene rings is 1. The van der Waals surface area contributed by atoms with Crippen molar-refractivity contribution in [3.05, 3.63) is 35.4 Å². The summed E-state index contributed by atoms with van der Waals surface area (Å²) in [6, 6.07) is 5.66. The van der Waals surface area contributed by atoms with Gasteiger partial charge in [0.25, 0.3) is 0 Å². The molecule has 86 valence electrons. The van der Waals surface area contributed by atoms with Gasteiger partial charge in [-0.25, -0.2) is 0 Å². The number of halogens is 1. The summed E-state index contributed by atoms with van der Waals surface area (Å²) in [6.45, 7) is 4.16. The van der Waals surface area contributed by atoms with Crippen LogP contribution < -0.4 is 4.74 Å². The molecule has 2 nitrogen and oxygen atoms in total. The maximum Gasteiger partial charge on any atom is 0.144 e. The van der Waals surface area contributed by atoms with Crippen LogP contribution >= 0.6 is 11.6 Å². The Morgan fingerprint density at radius 3 is 2.62 bits per heavy atom. The summed E-state index contributed by atoms with van der Waals surface area (Å²) in [4.78, 5) is 10.3. The Hall–Kier alpha value is -1.28. The van der Waals surface area contributed by atoms with Gasteiger partial charge in [0.1, 0.15) is 12.0 Å². The molecule has 3 heteroatoms. The summed E-state index contributed by atoms with van der Waals surface area (Å²) in [5, 5.41) is 0.444. The zero-order valence-electron chi connectivity index (χ0n) is 9.66. The van der Waals surface area contributed by atoms with Crippen molar-refractivity contribution >= 4 is 22.9 Å². The zero-order chi connectivity index (χ0) is 12.1. The van der Waals surface area contributed by atoms with E-state index in [2.05, 4.69) is 13.8 Å². The Bertz CT molecular complexity index is 408. The zero-order valence-corrected chi connectivity index (χ0v) is 10.4. The highest BCUT2D eigenvalue weighted by molar-refractivity contribution is 6.49. The maximum atomic E-state index is 10.3. The second kappa shape index (κ2) is 5.71. The fraction of sp³-hybridized carbons (Fsp3) is 0.308. The van der Waals surface area contributed by atoms with Crippen molar-refractivity contribution in [3.63, 3.8) is 0 Å². The maximum absolute atomic E-state index is 10.3. The van der Waals surface area contributed by atoms with Gasteiger partial charge < -0.3 is 4.74 Å². The molecule has 0 spiro atoms. The number of methoxy groups -OCH3 is 1. The van der Waals surface area contributed by atoms with E-state index in [0.29, 0.717) is 17.2 Å². The average Bonchev–Trinajstić information content (AvgIpc) is 2.28. The van der Waals surface area contributed by atoms with Crippen LogP contribution in [0.25, 0.3) is 5.03 Å². The van der Waals surface area contributed by atoms with Crippen LogP contribution in [0.1, 0.15) is 30.9 Å². The van der Waals surface area contributed by atoms with Crippen molar-refractivity contribution in [2.75, 3.05) is 7.11 Å². The first-order valence-corrected chi connectivity index (χ1v) is 5.47. The Morgan fingerprint density at radius 2 is 2.12 bits per heavy atom. The number of aldehydes is 1. The van der Waals surface area contributed by atoms with E-state index in [1.165, 1.54) is 6.08 Å². The monoisotopic (exact) mass is 238 g/mol. The van der Waals surface area contributed by atoms with Gasteiger partial charge in [0.2, 0.25) is 0 Å².